The van der Waals surface area contributed by atoms with E-state index >= 15 is 0 Å². The molecule has 7 heteroatoms. The van der Waals surface area contributed by atoms with Crippen LogP contribution in [0, 0.1) is 17.1 Å². The van der Waals surface area contributed by atoms with Crippen LogP contribution in [0.2, 0.25) is 0 Å². The standard InChI is InChI=1S/C14H6BrF4NO/c15-9-4-10(16)6-12(5-9)21-11-1-2-13(14(17,18)19)8(3-11)7-20/h1-6H. The summed E-state index contributed by atoms with van der Waals surface area (Å²) in [5.74, 6) is -0.450. The molecule has 0 saturated heterocycles. The van der Waals surface area contributed by atoms with Crippen molar-refractivity contribution >= 4 is 15.9 Å². The van der Waals surface area contributed by atoms with Gasteiger partial charge in [-0.3, -0.25) is 0 Å². The van der Waals surface area contributed by atoms with Gasteiger partial charge in [-0.15, -0.1) is 0 Å². The molecule has 0 radical (unpaired) electrons. The zero-order valence-electron chi connectivity index (χ0n) is 10.2. The number of rotatable bonds is 2. The number of nitrogens with zero attached hydrogens (tertiary/aromatic N) is 1. The Morgan fingerprint density at radius 2 is 1.76 bits per heavy atom. The van der Waals surface area contributed by atoms with Crippen molar-refractivity contribution in [3.63, 3.8) is 0 Å². The second-order valence-corrected chi connectivity index (χ2v) is 4.94. The molecule has 2 aromatic carbocycles. The Labute approximate surface area is 125 Å². The van der Waals surface area contributed by atoms with Gasteiger partial charge in [0, 0.05) is 10.5 Å². The van der Waals surface area contributed by atoms with Crippen molar-refractivity contribution in [1.29, 1.82) is 5.26 Å². The molecular formula is C14H6BrF4NO. The first-order valence-electron chi connectivity index (χ1n) is 5.55. The number of benzene rings is 2. The molecule has 0 atom stereocenters. The summed E-state index contributed by atoms with van der Waals surface area (Å²) in [5.41, 5.74) is -1.60. The number of hydrogen-bond acceptors (Lipinski definition) is 2. The molecule has 2 rings (SSSR count). The summed E-state index contributed by atoms with van der Waals surface area (Å²) in [6.07, 6.45) is -4.62. The monoisotopic (exact) mass is 359 g/mol. The number of nitriles is 1. The molecule has 0 aliphatic rings. The Balaban J connectivity index is 2.36. The highest BCUT2D eigenvalue weighted by atomic mass is 79.9. The third-order valence-corrected chi connectivity index (χ3v) is 2.95. The molecule has 108 valence electrons. The lowest BCUT2D eigenvalue weighted by Gasteiger charge is -2.11. The Kier molecular flexibility index (Phi) is 4.19. The summed E-state index contributed by atoms with van der Waals surface area (Å²) < 4.78 is 56.8. The normalized spacial score (nSPS) is 11.0. The molecule has 0 heterocycles. The zero-order chi connectivity index (χ0) is 15.6. The predicted octanol–water partition coefficient (Wildman–Crippen LogP) is 5.27. The Hall–Kier alpha value is -2.07. The SMILES string of the molecule is N#Cc1cc(Oc2cc(F)cc(Br)c2)ccc1C(F)(F)F. The maximum Gasteiger partial charge on any atom is 0.417 e. The van der Waals surface area contributed by atoms with Crippen molar-refractivity contribution in [2.24, 2.45) is 0 Å². The van der Waals surface area contributed by atoms with Crippen LogP contribution >= 0.6 is 15.9 Å². The van der Waals surface area contributed by atoms with Gasteiger partial charge in [0.1, 0.15) is 17.3 Å². The summed E-state index contributed by atoms with van der Waals surface area (Å²) in [5, 5.41) is 8.79. The van der Waals surface area contributed by atoms with E-state index in [1.165, 1.54) is 18.2 Å². The lowest BCUT2D eigenvalue weighted by molar-refractivity contribution is -0.137. The number of ether oxygens (including phenoxy) is 1. The third-order valence-electron chi connectivity index (χ3n) is 2.49. The second kappa shape index (κ2) is 5.74. The molecule has 0 bridgehead atoms. The van der Waals surface area contributed by atoms with E-state index in [0.29, 0.717) is 4.47 Å². The van der Waals surface area contributed by atoms with Crippen LogP contribution in [-0.4, -0.2) is 0 Å². The van der Waals surface area contributed by atoms with Crippen molar-refractivity contribution in [1.82, 2.24) is 0 Å². The van der Waals surface area contributed by atoms with Gasteiger partial charge in [-0.2, -0.15) is 18.4 Å². The summed E-state index contributed by atoms with van der Waals surface area (Å²) in [6, 6.07) is 7.99. The Bertz CT molecular complexity index is 702. The highest BCUT2D eigenvalue weighted by molar-refractivity contribution is 9.10. The number of halogens is 5. The topological polar surface area (TPSA) is 33.0 Å². The molecule has 0 saturated carbocycles. The molecule has 21 heavy (non-hydrogen) atoms. The molecule has 2 aromatic rings. The van der Waals surface area contributed by atoms with Gasteiger partial charge in [-0.05, 0) is 30.3 Å². The quantitative estimate of drug-likeness (QED) is 0.684. The summed E-state index contributed by atoms with van der Waals surface area (Å²) in [7, 11) is 0. The van der Waals surface area contributed by atoms with Crippen LogP contribution in [0.4, 0.5) is 17.6 Å². The van der Waals surface area contributed by atoms with Gasteiger partial charge in [0.2, 0.25) is 0 Å². The van der Waals surface area contributed by atoms with Crippen LogP contribution in [0.15, 0.2) is 40.9 Å². The van der Waals surface area contributed by atoms with Gasteiger partial charge in [-0.25, -0.2) is 4.39 Å². The van der Waals surface area contributed by atoms with E-state index in [4.69, 9.17) is 10.00 Å². The van der Waals surface area contributed by atoms with E-state index in [9.17, 15) is 17.6 Å². The smallest absolute Gasteiger partial charge is 0.417 e. The van der Waals surface area contributed by atoms with Gasteiger partial charge >= 0.3 is 6.18 Å². The average molecular weight is 360 g/mol. The molecule has 0 unspecified atom stereocenters. The van der Waals surface area contributed by atoms with Crippen molar-refractivity contribution in [3.8, 4) is 17.6 Å². The first kappa shape index (κ1) is 15.3. The van der Waals surface area contributed by atoms with Gasteiger partial charge in [0.15, 0.2) is 0 Å². The van der Waals surface area contributed by atoms with Crippen LogP contribution < -0.4 is 4.74 Å². The van der Waals surface area contributed by atoms with Crippen molar-refractivity contribution in [3.05, 3.63) is 57.8 Å². The third kappa shape index (κ3) is 3.73. The van der Waals surface area contributed by atoms with Crippen LogP contribution in [0.5, 0.6) is 11.5 Å². The molecule has 0 fully saturated rings. The minimum atomic E-state index is -4.62. The van der Waals surface area contributed by atoms with Gasteiger partial charge in [-0.1, -0.05) is 15.9 Å². The van der Waals surface area contributed by atoms with E-state index in [1.807, 2.05) is 0 Å². The fourth-order valence-corrected chi connectivity index (χ4v) is 2.09. The first-order chi connectivity index (χ1) is 9.79. The molecule has 2 nitrogen and oxygen atoms in total. The molecule has 0 aromatic heterocycles. The van der Waals surface area contributed by atoms with E-state index in [-0.39, 0.29) is 11.5 Å². The van der Waals surface area contributed by atoms with E-state index in [2.05, 4.69) is 15.9 Å². The minimum absolute atomic E-state index is 0.0112. The van der Waals surface area contributed by atoms with Crippen molar-refractivity contribution < 1.29 is 22.3 Å². The molecule has 0 N–H and O–H groups in total. The average Bonchev–Trinajstić information content (AvgIpc) is 2.36. The minimum Gasteiger partial charge on any atom is -0.457 e. The Morgan fingerprint density at radius 3 is 2.33 bits per heavy atom. The van der Waals surface area contributed by atoms with Crippen molar-refractivity contribution in [2.45, 2.75) is 6.18 Å². The number of hydrogen-bond donors (Lipinski definition) is 0. The molecule has 0 aliphatic carbocycles. The largest absolute Gasteiger partial charge is 0.457 e. The molecule has 0 aliphatic heterocycles. The van der Waals surface area contributed by atoms with E-state index in [0.717, 1.165) is 24.3 Å². The fourth-order valence-electron chi connectivity index (χ4n) is 1.65. The highest BCUT2D eigenvalue weighted by Gasteiger charge is 2.33. The van der Waals surface area contributed by atoms with Gasteiger partial charge < -0.3 is 4.74 Å². The van der Waals surface area contributed by atoms with Crippen LogP contribution in [0.3, 0.4) is 0 Å². The lowest BCUT2D eigenvalue weighted by Crippen LogP contribution is -2.07. The van der Waals surface area contributed by atoms with Crippen LogP contribution in [0.25, 0.3) is 0 Å². The zero-order valence-corrected chi connectivity index (χ0v) is 11.8. The fraction of sp³-hybridized carbons (Fsp3) is 0.0714. The van der Waals surface area contributed by atoms with E-state index in [1.54, 1.807) is 0 Å². The molecular weight excluding hydrogens is 354 g/mol. The second-order valence-electron chi connectivity index (χ2n) is 4.02. The summed E-state index contributed by atoms with van der Waals surface area (Å²) in [4.78, 5) is 0. The van der Waals surface area contributed by atoms with Crippen LogP contribution in [-0.2, 0) is 6.18 Å². The summed E-state index contributed by atoms with van der Waals surface area (Å²) >= 11 is 3.07. The highest BCUT2D eigenvalue weighted by Crippen LogP contribution is 2.34. The lowest BCUT2D eigenvalue weighted by atomic mass is 10.1. The maximum atomic E-state index is 13.2. The summed E-state index contributed by atoms with van der Waals surface area (Å²) in [6.45, 7) is 0. The maximum absolute atomic E-state index is 13.2. The molecule has 0 amide bonds. The predicted molar refractivity (Wildman–Crippen MR) is 70.3 cm³/mol. The molecule has 0 spiro atoms. The Morgan fingerprint density at radius 1 is 1.05 bits per heavy atom. The number of alkyl halides is 3. The van der Waals surface area contributed by atoms with E-state index < -0.39 is 23.1 Å². The first-order valence-corrected chi connectivity index (χ1v) is 6.34. The van der Waals surface area contributed by atoms with Crippen LogP contribution in [0.1, 0.15) is 11.1 Å². The van der Waals surface area contributed by atoms with Gasteiger partial charge in [0.25, 0.3) is 0 Å². The van der Waals surface area contributed by atoms with Gasteiger partial charge in [0.05, 0.1) is 17.2 Å². The van der Waals surface area contributed by atoms with Crippen molar-refractivity contribution in [2.75, 3.05) is 0 Å².